The van der Waals surface area contributed by atoms with Crippen LogP contribution in [0, 0.1) is 5.92 Å². The van der Waals surface area contributed by atoms with Gasteiger partial charge in [0.15, 0.2) is 0 Å². The molecule has 1 aliphatic rings. The number of amides is 2. The number of aliphatic hydroxyl groups is 2. The summed E-state index contributed by atoms with van der Waals surface area (Å²) < 4.78 is 39.7. The van der Waals surface area contributed by atoms with Gasteiger partial charge in [-0.25, -0.2) is 5.43 Å². The summed E-state index contributed by atoms with van der Waals surface area (Å²) in [4.78, 5) is 28.6. The zero-order chi connectivity index (χ0) is 31.7. The SMILES string of the molecule is O=C(Nc1ccc(N2CCC(CO)CC2)cc1C(=O)N/N=C/c1ccc(Cl)c(C(F)(F)F)c1)c1cccc(CSCCO)c1. The van der Waals surface area contributed by atoms with Crippen molar-refractivity contribution in [3.05, 3.63) is 93.5 Å². The maximum absolute atomic E-state index is 13.3. The largest absolute Gasteiger partial charge is 0.417 e. The molecular weight excluding hydrogens is 617 g/mol. The molecular formula is C31H32ClF3N4O4S. The average molecular weight is 649 g/mol. The Labute approximate surface area is 262 Å². The molecule has 0 saturated carbocycles. The highest BCUT2D eigenvalue weighted by atomic mass is 35.5. The molecule has 1 heterocycles. The summed E-state index contributed by atoms with van der Waals surface area (Å²) in [6.07, 6.45) is -2.00. The molecule has 0 spiro atoms. The number of thioether (sulfide) groups is 1. The highest BCUT2D eigenvalue weighted by molar-refractivity contribution is 7.98. The molecule has 2 amide bonds. The molecule has 3 aromatic rings. The number of carbonyl (C=O) groups is 2. The van der Waals surface area contributed by atoms with E-state index in [1.54, 1.807) is 36.4 Å². The zero-order valence-corrected chi connectivity index (χ0v) is 25.2. The average Bonchev–Trinajstić information content (AvgIpc) is 3.01. The fraction of sp³-hybridized carbons (Fsp3) is 0.323. The lowest BCUT2D eigenvalue weighted by Gasteiger charge is -2.33. The summed E-state index contributed by atoms with van der Waals surface area (Å²) in [5.74, 6) is 0.290. The third-order valence-electron chi connectivity index (χ3n) is 7.10. The van der Waals surface area contributed by atoms with Crippen molar-refractivity contribution in [3.63, 3.8) is 0 Å². The van der Waals surface area contributed by atoms with Crippen molar-refractivity contribution in [1.82, 2.24) is 5.43 Å². The second-order valence-corrected chi connectivity index (χ2v) is 11.7. The number of nitrogens with one attached hydrogen (secondary N) is 2. The van der Waals surface area contributed by atoms with Crippen molar-refractivity contribution in [2.24, 2.45) is 11.0 Å². The Morgan fingerprint density at radius 2 is 1.82 bits per heavy atom. The summed E-state index contributed by atoms with van der Waals surface area (Å²) in [7, 11) is 0. The van der Waals surface area contributed by atoms with Crippen LogP contribution in [0.25, 0.3) is 0 Å². The number of nitrogens with zero attached hydrogens (tertiary/aromatic N) is 2. The van der Waals surface area contributed by atoms with Gasteiger partial charge < -0.3 is 20.4 Å². The smallest absolute Gasteiger partial charge is 0.396 e. The summed E-state index contributed by atoms with van der Waals surface area (Å²) >= 11 is 7.22. The molecule has 1 aliphatic heterocycles. The van der Waals surface area contributed by atoms with E-state index < -0.39 is 28.6 Å². The van der Waals surface area contributed by atoms with Crippen LogP contribution in [0.4, 0.5) is 24.5 Å². The predicted molar refractivity (Wildman–Crippen MR) is 168 cm³/mol. The predicted octanol–water partition coefficient (Wildman–Crippen LogP) is 5.81. The third-order valence-corrected chi connectivity index (χ3v) is 8.44. The molecule has 0 atom stereocenters. The first-order valence-corrected chi connectivity index (χ1v) is 15.4. The van der Waals surface area contributed by atoms with Crippen molar-refractivity contribution in [3.8, 4) is 0 Å². The minimum absolute atomic E-state index is 0.0590. The van der Waals surface area contributed by atoms with E-state index in [2.05, 4.69) is 20.7 Å². The van der Waals surface area contributed by atoms with Crippen LogP contribution in [0.2, 0.25) is 5.02 Å². The van der Waals surface area contributed by atoms with Crippen molar-refractivity contribution < 1.29 is 33.0 Å². The Hall–Kier alpha value is -3.58. The maximum atomic E-state index is 13.3. The van der Waals surface area contributed by atoms with E-state index in [1.807, 2.05) is 6.07 Å². The molecule has 4 N–H and O–H groups in total. The van der Waals surface area contributed by atoms with Crippen LogP contribution in [0.15, 0.2) is 65.8 Å². The summed E-state index contributed by atoms with van der Waals surface area (Å²) in [5.41, 5.74) is 3.77. The topological polar surface area (TPSA) is 114 Å². The molecule has 13 heteroatoms. The Balaban J connectivity index is 1.56. The van der Waals surface area contributed by atoms with Gasteiger partial charge >= 0.3 is 6.18 Å². The minimum atomic E-state index is -4.65. The maximum Gasteiger partial charge on any atom is 0.417 e. The van der Waals surface area contributed by atoms with Gasteiger partial charge in [-0.05, 0) is 72.4 Å². The number of piperidine rings is 1. The van der Waals surface area contributed by atoms with Crippen LogP contribution >= 0.6 is 23.4 Å². The summed E-state index contributed by atoms with van der Waals surface area (Å²) in [6.45, 7) is 1.53. The molecule has 1 saturated heterocycles. The number of halogens is 4. The van der Waals surface area contributed by atoms with Gasteiger partial charge in [0.1, 0.15) is 0 Å². The van der Waals surface area contributed by atoms with Crippen molar-refractivity contribution in [2.75, 3.05) is 42.3 Å². The van der Waals surface area contributed by atoms with E-state index in [-0.39, 0.29) is 35.9 Å². The van der Waals surface area contributed by atoms with Gasteiger partial charge in [-0.2, -0.15) is 30.0 Å². The van der Waals surface area contributed by atoms with Gasteiger partial charge in [0.05, 0.1) is 34.7 Å². The first kappa shape index (κ1) is 33.3. The van der Waals surface area contributed by atoms with E-state index in [1.165, 1.54) is 17.8 Å². The molecule has 0 unspecified atom stereocenters. The highest BCUT2D eigenvalue weighted by Gasteiger charge is 2.33. The molecule has 0 bridgehead atoms. The Morgan fingerprint density at radius 1 is 1.05 bits per heavy atom. The van der Waals surface area contributed by atoms with Crippen molar-refractivity contribution in [1.29, 1.82) is 0 Å². The van der Waals surface area contributed by atoms with Crippen molar-refractivity contribution >= 4 is 52.8 Å². The van der Waals surface area contributed by atoms with E-state index in [4.69, 9.17) is 16.7 Å². The molecule has 234 valence electrons. The number of hydrogen-bond donors (Lipinski definition) is 4. The first-order valence-electron chi connectivity index (χ1n) is 13.9. The molecule has 44 heavy (non-hydrogen) atoms. The number of benzene rings is 3. The van der Waals surface area contributed by atoms with E-state index in [0.29, 0.717) is 30.2 Å². The second kappa shape index (κ2) is 15.4. The van der Waals surface area contributed by atoms with Crippen LogP contribution in [0.3, 0.4) is 0 Å². The molecule has 1 fully saturated rings. The van der Waals surface area contributed by atoms with Crippen LogP contribution in [0.1, 0.15) is 50.2 Å². The monoisotopic (exact) mass is 648 g/mol. The van der Waals surface area contributed by atoms with Gasteiger partial charge in [0, 0.05) is 42.5 Å². The minimum Gasteiger partial charge on any atom is -0.396 e. The number of alkyl halides is 3. The number of hydrogen-bond acceptors (Lipinski definition) is 7. The van der Waals surface area contributed by atoms with Crippen LogP contribution < -0.4 is 15.6 Å². The first-order chi connectivity index (χ1) is 21.1. The number of hydrazone groups is 1. The molecule has 8 nitrogen and oxygen atoms in total. The Morgan fingerprint density at radius 3 is 2.52 bits per heavy atom. The highest BCUT2D eigenvalue weighted by Crippen LogP contribution is 2.35. The lowest BCUT2D eigenvalue weighted by molar-refractivity contribution is -0.137. The lowest BCUT2D eigenvalue weighted by Crippen LogP contribution is -2.35. The Kier molecular flexibility index (Phi) is 11.7. The van der Waals surface area contributed by atoms with Gasteiger partial charge in [-0.3, -0.25) is 9.59 Å². The molecule has 0 radical (unpaired) electrons. The molecule has 3 aromatic carbocycles. The number of rotatable bonds is 11. The quantitative estimate of drug-likeness (QED) is 0.119. The number of carbonyl (C=O) groups excluding carboxylic acids is 2. The summed E-state index contributed by atoms with van der Waals surface area (Å²) in [6, 6.07) is 15.4. The fourth-order valence-electron chi connectivity index (χ4n) is 4.72. The van der Waals surface area contributed by atoms with Gasteiger partial charge in [0.25, 0.3) is 11.8 Å². The standard InChI is InChI=1S/C31H32ClF3N4O4S/c32-27-6-4-21(15-26(27)31(33,34)35)17-36-38-30(43)25-16-24(39-10-8-20(18-41)9-11-39)5-7-28(25)37-29(42)23-3-1-2-22(14-23)19-44-13-12-40/h1-7,14-17,20,40-41H,8-13,18-19H2,(H,37,42)(H,38,43)/b36-17+. The number of anilines is 2. The van der Waals surface area contributed by atoms with Crippen LogP contribution in [0.5, 0.6) is 0 Å². The van der Waals surface area contributed by atoms with E-state index in [9.17, 15) is 27.9 Å². The van der Waals surface area contributed by atoms with E-state index in [0.717, 1.165) is 42.4 Å². The zero-order valence-electron chi connectivity index (χ0n) is 23.6. The Bertz CT molecular complexity index is 1500. The third kappa shape index (κ3) is 8.98. The van der Waals surface area contributed by atoms with Gasteiger partial charge in [-0.15, -0.1) is 0 Å². The van der Waals surface area contributed by atoms with Crippen molar-refractivity contribution in [2.45, 2.75) is 24.8 Å². The summed E-state index contributed by atoms with van der Waals surface area (Å²) in [5, 5.41) is 24.7. The van der Waals surface area contributed by atoms with Crippen LogP contribution in [-0.2, 0) is 11.9 Å². The normalized spacial score (nSPS) is 14.2. The van der Waals surface area contributed by atoms with Crippen LogP contribution in [-0.4, -0.2) is 60.3 Å². The molecule has 4 rings (SSSR count). The molecule has 0 aromatic heterocycles. The van der Waals surface area contributed by atoms with Gasteiger partial charge in [0.2, 0.25) is 0 Å². The second-order valence-electron chi connectivity index (χ2n) is 10.2. The number of aliphatic hydroxyl groups excluding tert-OH is 2. The van der Waals surface area contributed by atoms with Gasteiger partial charge in [-0.1, -0.05) is 29.8 Å². The lowest BCUT2D eigenvalue weighted by atomic mass is 9.97. The molecule has 0 aliphatic carbocycles. The van der Waals surface area contributed by atoms with E-state index >= 15 is 0 Å². The fourth-order valence-corrected chi connectivity index (χ4v) is 5.63.